The first-order chi connectivity index (χ1) is 9.79. The lowest BCUT2D eigenvalue weighted by atomic mass is 10.3. The second kappa shape index (κ2) is 6.17. The van der Waals surface area contributed by atoms with Crippen LogP contribution in [-0.4, -0.2) is 19.6 Å². The van der Waals surface area contributed by atoms with Gasteiger partial charge in [0.1, 0.15) is 4.90 Å². The molecule has 0 heterocycles. The van der Waals surface area contributed by atoms with Crippen molar-refractivity contribution in [2.75, 3.05) is 6.26 Å². The number of nitro groups is 1. The molecule has 2 rings (SSSR count). The SMILES string of the molecule is CS(=O)(=O)c1cccc(Sc2cccc(Br)c2)c1[N+](=O)[O-]. The Morgan fingerprint density at radius 1 is 1.19 bits per heavy atom. The summed E-state index contributed by atoms with van der Waals surface area (Å²) in [6.45, 7) is 0. The predicted molar refractivity (Wildman–Crippen MR) is 84.5 cm³/mol. The molecular formula is C13H10BrNO4S2. The van der Waals surface area contributed by atoms with Gasteiger partial charge in [-0.2, -0.15) is 0 Å². The first kappa shape index (κ1) is 16.0. The lowest BCUT2D eigenvalue weighted by molar-refractivity contribution is -0.390. The summed E-state index contributed by atoms with van der Waals surface area (Å²) in [5.74, 6) is 0. The van der Waals surface area contributed by atoms with E-state index in [9.17, 15) is 18.5 Å². The summed E-state index contributed by atoms with van der Waals surface area (Å²) >= 11 is 4.48. The number of nitro benzene ring substituents is 1. The first-order valence-electron chi connectivity index (χ1n) is 5.70. The molecule has 0 aliphatic heterocycles. The molecule has 0 atom stereocenters. The third kappa shape index (κ3) is 3.84. The Hall–Kier alpha value is -1.38. The Balaban J connectivity index is 2.57. The highest BCUT2D eigenvalue weighted by atomic mass is 79.9. The summed E-state index contributed by atoms with van der Waals surface area (Å²) in [4.78, 5) is 11.4. The van der Waals surface area contributed by atoms with E-state index >= 15 is 0 Å². The van der Waals surface area contributed by atoms with Crippen molar-refractivity contribution in [2.24, 2.45) is 0 Å². The predicted octanol–water partition coefficient (Wildman–Crippen LogP) is 3.91. The molecule has 2 aromatic carbocycles. The van der Waals surface area contributed by atoms with Crippen LogP contribution in [0.1, 0.15) is 0 Å². The summed E-state index contributed by atoms with van der Waals surface area (Å²) in [6, 6.07) is 11.5. The summed E-state index contributed by atoms with van der Waals surface area (Å²) in [5, 5.41) is 11.3. The Morgan fingerprint density at radius 2 is 1.86 bits per heavy atom. The maximum absolute atomic E-state index is 11.7. The molecule has 0 bridgehead atoms. The Kier molecular flexibility index (Phi) is 4.70. The van der Waals surface area contributed by atoms with Crippen LogP contribution in [0.15, 0.2) is 61.6 Å². The molecule has 0 fully saturated rings. The van der Waals surface area contributed by atoms with Gasteiger partial charge >= 0.3 is 5.69 Å². The minimum atomic E-state index is -3.67. The van der Waals surface area contributed by atoms with Crippen LogP contribution in [0.4, 0.5) is 5.69 Å². The van der Waals surface area contributed by atoms with Gasteiger partial charge in [-0.15, -0.1) is 0 Å². The molecule has 5 nitrogen and oxygen atoms in total. The van der Waals surface area contributed by atoms with Crippen molar-refractivity contribution in [3.8, 4) is 0 Å². The second-order valence-electron chi connectivity index (χ2n) is 4.19. The van der Waals surface area contributed by atoms with Gasteiger partial charge in [0, 0.05) is 15.6 Å². The number of para-hydroxylation sites is 1. The van der Waals surface area contributed by atoms with Crippen LogP contribution in [0.2, 0.25) is 0 Å². The molecule has 0 amide bonds. The number of hydrogen-bond acceptors (Lipinski definition) is 5. The van der Waals surface area contributed by atoms with Crippen molar-refractivity contribution in [3.63, 3.8) is 0 Å². The molecule has 2 aromatic rings. The quantitative estimate of drug-likeness (QED) is 0.586. The summed E-state index contributed by atoms with van der Waals surface area (Å²) in [7, 11) is -3.67. The van der Waals surface area contributed by atoms with Crippen LogP contribution in [0.3, 0.4) is 0 Å². The lowest BCUT2D eigenvalue weighted by Crippen LogP contribution is -2.03. The molecule has 0 unspecified atom stereocenters. The van der Waals surface area contributed by atoms with Gasteiger partial charge in [-0.25, -0.2) is 8.42 Å². The first-order valence-corrected chi connectivity index (χ1v) is 9.20. The van der Waals surface area contributed by atoms with Crippen molar-refractivity contribution >= 4 is 43.2 Å². The fourth-order valence-corrected chi connectivity index (χ4v) is 4.21. The number of hydrogen-bond donors (Lipinski definition) is 0. The zero-order chi connectivity index (χ0) is 15.6. The van der Waals surface area contributed by atoms with E-state index in [1.54, 1.807) is 18.2 Å². The fraction of sp³-hybridized carbons (Fsp3) is 0.0769. The molecule has 110 valence electrons. The van der Waals surface area contributed by atoms with Crippen molar-refractivity contribution in [3.05, 3.63) is 57.1 Å². The van der Waals surface area contributed by atoms with Crippen LogP contribution < -0.4 is 0 Å². The number of rotatable bonds is 4. The average Bonchev–Trinajstić information content (AvgIpc) is 2.37. The van der Waals surface area contributed by atoms with E-state index in [1.807, 2.05) is 12.1 Å². The van der Waals surface area contributed by atoms with Crippen molar-refractivity contribution in [2.45, 2.75) is 14.7 Å². The van der Waals surface area contributed by atoms with Crippen LogP contribution in [-0.2, 0) is 9.84 Å². The molecule has 8 heteroatoms. The van der Waals surface area contributed by atoms with Crippen LogP contribution in [0.5, 0.6) is 0 Å². The van der Waals surface area contributed by atoms with Crippen LogP contribution in [0.25, 0.3) is 0 Å². The molecule has 0 spiro atoms. The highest BCUT2D eigenvalue weighted by Crippen LogP contribution is 2.39. The van der Waals surface area contributed by atoms with Gasteiger partial charge in [0.25, 0.3) is 0 Å². The van der Waals surface area contributed by atoms with Gasteiger partial charge in [0.05, 0.1) is 9.82 Å². The van der Waals surface area contributed by atoms with Gasteiger partial charge in [-0.05, 0) is 30.3 Å². The van der Waals surface area contributed by atoms with Crippen molar-refractivity contribution in [1.29, 1.82) is 0 Å². The molecule has 0 saturated heterocycles. The zero-order valence-electron chi connectivity index (χ0n) is 10.8. The Morgan fingerprint density at radius 3 is 2.43 bits per heavy atom. The second-order valence-corrected chi connectivity index (χ2v) is 8.21. The third-order valence-electron chi connectivity index (χ3n) is 2.57. The largest absolute Gasteiger partial charge is 0.301 e. The van der Waals surface area contributed by atoms with Gasteiger partial charge in [-0.3, -0.25) is 10.1 Å². The number of sulfone groups is 1. The monoisotopic (exact) mass is 387 g/mol. The number of nitrogens with zero attached hydrogens (tertiary/aromatic N) is 1. The van der Waals surface area contributed by atoms with Crippen LogP contribution >= 0.6 is 27.7 Å². The third-order valence-corrected chi connectivity index (χ3v) is 5.23. The van der Waals surface area contributed by atoms with Gasteiger partial charge < -0.3 is 0 Å². The Labute approximate surface area is 134 Å². The zero-order valence-corrected chi connectivity index (χ0v) is 14.0. The summed E-state index contributed by atoms with van der Waals surface area (Å²) < 4.78 is 24.2. The highest BCUT2D eigenvalue weighted by molar-refractivity contribution is 9.10. The molecule has 0 radical (unpaired) electrons. The maximum atomic E-state index is 11.7. The normalized spacial score (nSPS) is 11.3. The van der Waals surface area contributed by atoms with Crippen LogP contribution in [0, 0.1) is 10.1 Å². The van der Waals surface area contributed by atoms with Crippen molar-refractivity contribution < 1.29 is 13.3 Å². The minimum Gasteiger partial charge on any atom is -0.258 e. The lowest BCUT2D eigenvalue weighted by Gasteiger charge is -2.06. The molecule has 0 saturated carbocycles. The smallest absolute Gasteiger partial charge is 0.258 e. The van der Waals surface area contributed by atoms with E-state index in [1.165, 1.54) is 12.1 Å². The molecular weight excluding hydrogens is 378 g/mol. The summed E-state index contributed by atoms with van der Waals surface area (Å²) in [5.41, 5.74) is -0.384. The number of halogens is 1. The number of benzene rings is 2. The van der Waals surface area contributed by atoms with E-state index in [0.29, 0.717) is 4.90 Å². The van der Waals surface area contributed by atoms with E-state index < -0.39 is 14.8 Å². The summed E-state index contributed by atoms with van der Waals surface area (Å²) in [6.07, 6.45) is 0.961. The average molecular weight is 388 g/mol. The molecule has 21 heavy (non-hydrogen) atoms. The fourth-order valence-electron chi connectivity index (χ4n) is 1.72. The standard InChI is InChI=1S/C13H10BrNO4S2/c1-21(18,19)12-7-3-6-11(13(12)15(16)17)20-10-5-2-4-9(14)8-10/h2-8H,1H3. The highest BCUT2D eigenvalue weighted by Gasteiger charge is 2.26. The molecule has 0 aliphatic carbocycles. The molecule has 0 aliphatic rings. The Bertz CT molecular complexity index is 806. The van der Waals surface area contributed by atoms with E-state index in [4.69, 9.17) is 0 Å². The maximum Gasteiger partial charge on any atom is 0.301 e. The minimum absolute atomic E-state index is 0.271. The topological polar surface area (TPSA) is 77.3 Å². The molecule has 0 aromatic heterocycles. The van der Waals surface area contributed by atoms with E-state index in [-0.39, 0.29) is 10.6 Å². The van der Waals surface area contributed by atoms with Crippen molar-refractivity contribution in [1.82, 2.24) is 0 Å². The van der Waals surface area contributed by atoms with Gasteiger partial charge in [-0.1, -0.05) is 39.8 Å². The van der Waals surface area contributed by atoms with Gasteiger partial charge in [0.15, 0.2) is 9.84 Å². The molecule has 0 N–H and O–H groups in total. The van der Waals surface area contributed by atoms with E-state index in [0.717, 1.165) is 27.4 Å². The van der Waals surface area contributed by atoms with Gasteiger partial charge in [0.2, 0.25) is 0 Å². The van der Waals surface area contributed by atoms with E-state index in [2.05, 4.69) is 15.9 Å².